The Bertz CT molecular complexity index is 1120. The van der Waals surface area contributed by atoms with Gasteiger partial charge in [-0.3, -0.25) is 9.78 Å². The summed E-state index contributed by atoms with van der Waals surface area (Å²) >= 11 is 0. The van der Waals surface area contributed by atoms with Gasteiger partial charge in [0, 0.05) is 41.7 Å². The van der Waals surface area contributed by atoms with Crippen LogP contribution in [0, 0.1) is 5.82 Å². The zero-order valence-corrected chi connectivity index (χ0v) is 19.1. The van der Waals surface area contributed by atoms with Crippen molar-refractivity contribution >= 4 is 17.3 Å². The van der Waals surface area contributed by atoms with Gasteiger partial charge in [-0.25, -0.2) is 4.39 Å². The molecule has 1 aromatic carbocycles. The van der Waals surface area contributed by atoms with Crippen molar-refractivity contribution in [3.8, 4) is 17.0 Å². The Balaban J connectivity index is 0.000000459. The normalized spacial score (nSPS) is 14.7. The number of rotatable bonds is 5. The van der Waals surface area contributed by atoms with Crippen molar-refractivity contribution in [2.75, 3.05) is 32.1 Å². The van der Waals surface area contributed by atoms with Gasteiger partial charge in [-0.15, -0.1) is 0 Å². The van der Waals surface area contributed by atoms with Crippen LogP contribution in [-0.2, 0) is 12.8 Å². The summed E-state index contributed by atoms with van der Waals surface area (Å²) in [6.45, 7) is 4.97. The Morgan fingerprint density at radius 2 is 2.00 bits per heavy atom. The molecule has 0 saturated carbocycles. The van der Waals surface area contributed by atoms with Gasteiger partial charge < -0.3 is 25.7 Å². The van der Waals surface area contributed by atoms with Crippen LogP contribution < -0.4 is 20.7 Å². The van der Waals surface area contributed by atoms with Crippen LogP contribution in [0.3, 0.4) is 0 Å². The second-order valence-corrected chi connectivity index (χ2v) is 8.01. The molecule has 0 bridgehead atoms. The smallest absolute Gasteiger partial charge is 0.255 e. The van der Waals surface area contributed by atoms with E-state index in [4.69, 9.17) is 4.74 Å². The highest BCUT2D eigenvalue weighted by atomic mass is 19.1. The molecule has 1 fully saturated rings. The molecule has 1 amide bonds. The van der Waals surface area contributed by atoms with Crippen LogP contribution in [0.4, 0.5) is 15.8 Å². The molecule has 0 spiro atoms. The summed E-state index contributed by atoms with van der Waals surface area (Å²) < 4.78 is 19.7. The van der Waals surface area contributed by atoms with Gasteiger partial charge in [0.15, 0.2) is 0 Å². The lowest BCUT2D eigenvalue weighted by atomic mass is 10.0. The van der Waals surface area contributed by atoms with Crippen molar-refractivity contribution in [1.29, 1.82) is 0 Å². The third-order valence-electron chi connectivity index (χ3n) is 5.93. The molecule has 8 heteroatoms. The summed E-state index contributed by atoms with van der Waals surface area (Å²) in [6.07, 6.45) is 7.29. The van der Waals surface area contributed by atoms with E-state index < -0.39 is 0 Å². The van der Waals surface area contributed by atoms with Crippen LogP contribution in [0.15, 0.2) is 36.7 Å². The minimum absolute atomic E-state index is 0.159. The van der Waals surface area contributed by atoms with E-state index >= 15 is 0 Å². The lowest BCUT2D eigenvalue weighted by Gasteiger charge is -2.17. The van der Waals surface area contributed by atoms with E-state index in [9.17, 15) is 9.18 Å². The first kappa shape index (κ1) is 22.8. The number of ether oxygens (including phenoxy) is 1. The molecule has 0 atom stereocenters. The number of fused-ring (bicyclic) bond motifs is 1. The summed E-state index contributed by atoms with van der Waals surface area (Å²) in [7, 11) is 1.57. The van der Waals surface area contributed by atoms with Crippen molar-refractivity contribution in [1.82, 2.24) is 20.6 Å². The number of pyridine rings is 1. The first-order valence-corrected chi connectivity index (χ1v) is 11.4. The van der Waals surface area contributed by atoms with Gasteiger partial charge >= 0.3 is 0 Å². The Kier molecular flexibility index (Phi) is 7.24. The minimum Gasteiger partial charge on any atom is -0.494 e. The lowest BCUT2D eigenvalue weighted by Crippen LogP contribution is -2.31. The molecule has 33 heavy (non-hydrogen) atoms. The Morgan fingerprint density at radius 1 is 1.18 bits per heavy atom. The molecule has 4 heterocycles. The van der Waals surface area contributed by atoms with E-state index in [-0.39, 0.29) is 11.7 Å². The number of hydrogen-bond acceptors (Lipinski definition) is 5. The SMILES string of the molecule is C1CCNC1.CCc1c(F)cccc1Nc1c(-c2ccncc2OC)[nH]c2c1C(=O)NCC2. The van der Waals surface area contributed by atoms with E-state index in [1.165, 1.54) is 32.0 Å². The van der Waals surface area contributed by atoms with Gasteiger partial charge in [0.05, 0.1) is 30.3 Å². The molecule has 2 aromatic heterocycles. The number of nitrogens with zero attached hydrogens (tertiary/aromatic N) is 1. The number of aromatic nitrogens is 2. The molecule has 5 rings (SSSR count). The Hall–Kier alpha value is -3.39. The fourth-order valence-electron chi connectivity index (χ4n) is 4.25. The Morgan fingerprint density at radius 3 is 2.70 bits per heavy atom. The molecule has 4 N–H and O–H groups in total. The topological polar surface area (TPSA) is 91.1 Å². The van der Waals surface area contributed by atoms with Gasteiger partial charge in [0.1, 0.15) is 11.6 Å². The quantitative estimate of drug-likeness (QED) is 0.467. The highest BCUT2D eigenvalue weighted by molar-refractivity contribution is 6.06. The maximum Gasteiger partial charge on any atom is 0.255 e. The van der Waals surface area contributed by atoms with Gasteiger partial charge in [0.25, 0.3) is 5.91 Å². The second kappa shape index (κ2) is 10.5. The number of hydrogen-bond donors (Lipinski definition) is 4. The zero-order valence-electron chi connectivity index (χ0n) is 19.1. The summed E-state index contributed by atoms with van der Waals surface area (Å²) in [4.78, 5) is 20.1. The standard InChI is InChI=1S/C21H21FN4O2.C4H9N/c1-3-12-14(22)5-4-6-15(12)25-20-18-16(8-10-24-21(18)27)26-19(20)13-7-9-23-11-17(13)28-2;1-2-4-5-3-1/h4-7,9,11,25-26H,3,8,10H2,1-2H3,(H,24,27);5H,1-4H2. The predicted molar refractivity (Wildman–Crippen MR) is 128 cm³/mol. The third-order valence-corrected chi connectivity index (χ3v) is 5.93. The predicted octanol–water partition coefficient (Wildman–Crippen LogP) is 4.19. The molecule has 2 aliphatic heterocycles. The number of carbonyl (C=O) groups is 1. The molecule has 1 saturated heterocycles. The number of anilines is 2. The maximum absolute atomic E-state index is 14.3. The number of aromatic amines is 1. The van der Waals surface area contributed by atoms with Gasteiger partial charge in [-0.05, 0) is 50.6 Å². The monoisotopic (exact) mass is 451 g/mol. The number of methoxy groups -OCH3 is 1. The van der Waals surface area contributed by atoms with Crippen molar-refractivity contribution in [2.24, 2.45) is 0 Å². The molecule has 3 aromatic rings. The van der Waals surface area contributed by atoms with Crippen molar-refractivity contribution in [2.45, 2.75) is 32.6 Å². The summed E-state index contributed by atoms with van der Waals surface area (Å²) in [5.41, 5.74) is 4.69. The van der Waals surface area contributed by atoms with E-state index in [2.05, 4.69) is 25.9 Å². The molecule has 174 valence electrons. The van der Waals surface area contributed by atoms with Gasteiger partial charge in [-0.1, -0.05) is 13.0 Å². The van der Waals surface area contributed by atoms with Crippen molar-refractivity contribution < 1.29 is 13.9 Å². The minimum atomic E-state index is -0.274. The highest BCUT2D eigenvalue weighted by Gasteiger charge is 2.28. The Labute approximate surface area is 193 Å². The van der Waals surface area contributed by atoms with Crippen LogP contribution >= 0.6 is 0 Å². The fourth-order valence-corrected chi connectivity index (χ4v) is 4.25. The number of carbonyl (C=O) groups excluding carboxylic acids is 1. The first-order chi connectivity index (χ1) is 16.1. The van der Waals surface area contributed by atoms with E-state index in [0.29, 0.717) is 53.3 Å². The summed E-state index contributed by atoms with van der Waals surface area (Å²) in [5.74, 6) is 0.151. The largest absolute Gasteiger partial charge is 0.494 e. The van der Waals surface area contributed by atoms with Crippen LogP contribution in [0.5, 0.6) is 5.75 Å². The summed E-state index contributed by atoms with van der Waals surface area (Å²) in [5, 5.41) is 9.42. The van der Waals surface area contributed by atoms with E-state index in [1.54, 1.807) is 25.6 Å². The number of nitrogens with one attached hydrogen (secondary N) is 4. The van der Waals surface area contributed by atoms with Crippen LogP contribution in [0.1, 0.15) is 41.4 Å². The average molecular weight is 452 g/mol. The number of H-pyrrole nitrogens is 1. The molecule has 0 unspecified atom stereocenters. The van der Waals surface area contributed by atoms with Crippen molar-refractivity contribution in [3.63, 3.8) is 0 Å². The number of amides is 1. The molecular formula is C25H30FN5O2. The lowest BCUT2D eigenvalue weighted by molar-refractivity contribution is 0.0947. The summed E-state index contributed by atoms with van der Waals surface area (Å²) in [6, 6.07) is 6.74. The third kappa shape index (κ3) is 4.85. The van der Waals surface area contributed by atoms with E-state index in [0.717, 1.165) is 11.3 Å². The van der Waals surface area contributed by atoms with Crippen LogP contribution in [0.25, 0.3) is 11.3 Å². The van der Waals surface area contributed by atoms with E-state index in [1.807, 2.05) is 19.1 Å². The highest BCUT2D eigenvalue weighted by Crippen LogP contribution is 2.40. The molecule has 0 radical (unpaired) electrons. The maximum atomic E-state index is 14.3. The fraction of sp³-hybridized carbons (Fsp3) is 0.360. The van der Waals surface area contributed by atoms with Crippen LogP contribution in [0.2, 0.25) is 0 Å². The first-order valence-electron chi connectivity index (χ1n) is 11.4. The molecule has 2 aliphatic rings. The average Bonchev–Trinajstić information content (AvgIpc) is 3.52. The second-order valence-electron chi connectivity index (χ2n) is 8.01. The zero-order chi connectivity index (χ0) is 23.2. The molecular weight excluding hydrogens is 421 g/mol. The molecule has 0 aliphatic carbocycles. The number of benzene rings is 1. The van der Waals surface area contributed by atoms with Crippen molar-refractivity contribution in [3.05, 3.63) is 59.3 Å². The number of halogens is 1. The van der Waals surface area contributed by atoms with Gasteiger partial charge in [-0.2, -0.15) is 0 Å². The van der Waals surface area contributed by atoms with Gasteiger partial charge in [0.2, 0.25) is 0 Å². The molecule has 7 nitrogen and oxygen atoms in total. The van der Waals surface area contributed by atoms with Crippen LogP contribution in [-0.4, -0.2) is 42.6 Å².